The van der Waals surface area contributed by atoms with Crippen LogP contribution < -0.4 is 27.8 Å². The van der Waals surface area contributed by atoms with E-state index in [2.05, 4.69) is 10.6 Å². The molecule has 2 unspecified atom stereocenters. The Labute approximate surface area is 146 Å². The number of hydrogen-bond donors (Lipinski definition) is 5. The molecular formula is C16H27N5O4. The highest BCUT2D eigenvalue weighted by Crippen LogP contribution is 2.24. The van der Waals surface area contributed by atoms with Gasteiger partial charge in [-0.25, -0.2) is 0 Å². The average Bonchev–Trinajstić information content (AvgIpc) is 3.09. The molecule has 1 fully saturated rings. The molecule has 1 aliphatic carbocycles. The monoisotopic (exact) mass is 353 g/mol. The molecule has 0 spiro atoms. The molecule has 0 aromatic heterocycles. The van der Waals surface area contributed by atoms with Crippen LogP contribution in [0.1, 0.15) is 38.5 Å². The van der Waals surface area contributed by atoms with E-state index in [-0.39, 0.29) is 31.2 Å². The summed E-state index contributed by atoms with van der Waals surface area (Å²) in [5.74, 6) is -1.95. The van der Waals surface area contributed by atoms with E-state index in [4.69, 9.17) is 17.2 Å². The lowest BCUT2D eigenvalue weighted by Crippen LogP contribution is -2.46. The summed E-state index contributed by atoms with van der Waals surface area (Å²) < 4.78 is 0. The molecule has 1 saturated carbocycles. The smallest absolute Gasteiger partial charge is 0.240 e. The maximum absolute atomic E-state index is 12.1. The average molecular weight is 353 g/mol. The fraction of sp³-hybridized carbons (Fsp3) is 0.625. The first-order valence-corrected chi connectivity index (χ1v) is 8.37. The Morgan fingerprint density at radius 3 is 2.20 bits per heavy atom. The molecule has 8 N–H and O–H groups in total. The van der Waals surface area contributed by atoms with E-state index in [9.17, 15) is 19.2 Å². The van der Waals surface area contributed by atoms with Crippen molar-refractivity contribution in [3.8, 4) is 0 Å². The van der Waals surface area contributed by atoms with E-state index in [1.807, 2.05) is 0 Å². The summed E-state index contributed by atoms with van der Waals surface area (Å²) in [4.78, 5) is 45.7. The Bertz CT molecular complexity index is 529. The van der Waals surface area contributed by atoms with Crippen LogP contribution in [0.4, 0.5) is 0 Å². The number of rotatable bonds is 10. The molecule has 0 radical (unpaired) electrons. The van der Waals surface area contributed by atoms with Crippen molar-refractivity contribution in [2.75, 3.05) is 6.54 Å². The van der Waals surface area contributed by atoms with Gasteiger partial charge in [-0.3, -0.25) is 19.2 Å². The first kappa shape index (κ1) is 20.6. The predicted octanol–water partition coefficient (Wildman–Crippen LogP) is -1.59. The molecule has 0 aliphatic heterocycles. The molecule has 2 atom stereocenters. The summed E-state index contributed by atoms with van der Waals surface area (Å²) in [5.41, 5.74) is 15.9. The van der Waals surface area contributed by atoms with Gasteiger partial charge in [-0.2, -0.15) is 0 Å². The summed E-state index contributed by atoms with van der Waals surface area (Å²) in [6.45, 7) is -0.271. The fourth-order valence-electron chi connectivity index (χ4n) is 2.61. The molecule has 0 aromatic rings. The third kappa shape index (κ3) is 7.79. The molecule has 9 nitrogen and oxygen atoms in total. The van der Waals surface area contributed by atoms with Gasteiger partial charge in [0.05, 0.1) is 12.6 Å². The number of primary amides is 2. The molecule has 25 heavy (non-hydrogen) atoms. The van der Waals surface area contributed by atoms with Gasteiger partial charge in [-0.05, 0) is 25.7 Å². The van der Waals surface area contributed by atoms with Gasteiger partial charge in [-0.15, -0.1) is 0 Å². The Hall–Kier alpha value is -2.42. The van der Waals surface area contributed by atoms with Crippen molar-refractivity contribution in [2.45, 2.75) is 50.6 Å². The van der Waals surface area contributed by atoms with Crippen LogP contribution in [-0.2, 0) is 19.2 Å². The summed E-state index contributed by atoms with van der Waals surface area (Å²) >= 11 is 0. The SMILES string of the molecule is NC(=O)CNC(=O)C(N)CC=CCC(NC(=O)C1CCCC1)C(N)=O. The standard InChI is InChI=1S/C16H27N5O4/c17-11(16(25)20-9-13(18)22)7-3-4-8-12(14(19)23)21-15(24)10-5-1-2-6-10/h3-4,10-12H,1-2,5-9,17H2,(H2,18,22)(H2,19,23)(H,20,25)(H,21,24). The highest BCUT2D eigenvalue weighted by Gasteiger charge is 2.26. The summed E-state index contributed by atoms with van der Waals surface area (Å²) in [6.07, 6.45) is 7.43. The second-order valence-electron chi connectivity index (χ2n) is 6.18. The van der Waals surface area contributed by atoms with Crippen LogP contribution in [0.15, 0.2) is 12.2 Å². The lowest BCUT2D eigenvalue weighted by atomic mass is 10.1. The lowest BCUT2D eigenvalue weighted by molar-refractivity contribution is -0.129. The van der Waals surface area contributed by atoms with E-state index >= 15 is 0 Å². The van der Waals surface area contributed by atoms with Gasteiger partial charge in [0.1, 0.15) is 6.04 Å². The second-order valence-corrected chi connectivity index (χ2v) is 6.18. The molecule has 0 aromatic carbocycles. The third-order valence-electron chi connectivity index (χ3n) is 4.09. The van der Waals surface area contributed by atoms with E-state index in [0.717, 1.165) is 25.7 Å². The molecule has 1 rings (SSSR count). The van der Waals surface area contributed by atoms with Crippen molar-refractivity contribution >= 4 is 23.6 Å². The van der Waals surface area contributed by atoms with Crippen LogP contribution in [0, 0.1) is 5.92 Å². The largest absolute Gasteiger partial charge is 0.368 e. The normalized spacial score (nSPS) is 17.2. The second kappa shape index (κ2) is 10.4. The minimum atomic E-state index is -0.837. The van der Waals surface area contributed by atoms with Crippen LogP contribution in [0.3, 0.4) is 0 Å². The molecule has 4 amide bonds. The van der Waals surface area contributed by atoms with Crippen molar-refractivity contribution in [3.63, 3.8) is 0 Å². The Balaban J connectivity index is 2.39. The maximum Gasteiger partial charge on any atom is 0.240 e. The summed E-state index contributed by atoms with van der Waals surface area (Å²) in [7, 11) is 0. The van der Waals surface area contributed by atoms with Gasteiger partial charge in [0.2, 0.25) is 23.6 Å². The molecule has 9 heteroatoms. The molecular weight excluding hydrogens is 326 g/mol. The van der Waals surface area contributed by atoms with E-state index in [0.29, 0.717) is 0 Å². The van der Waals surface area contributed by atoms with Gasteiger partial charge >= 0.3 is 0 Å². The van der Waals surface area contributed by atoms with E-state index in [1.165, 1.54) is 0 Å². The molecule has 0 bridgehead atoms. The van der Waals surface area contributed by atoms with Gasteiger partial charge in [-0.1, -0.05) is 25.0 Å². The van der Waals surface area contributed by atoms with Gasteiger partial charge in [0.25, 0.3) is 0 Å². The highest BCUT2D eigenvalue weighted by molar-refractivity contribution is 5.88. The zero-order chi connectivity index (χ0) is 18.8. The van der Waals surface area contributed by atoms with Crippen LogP contribution in [0.5, 0.6) is 0 Å². The van der Waals surface area contributed by atoms with Crippen molar-refractivity contribution in [1.82, 2.24) is 10.6 Å². The third-order valence-corrected chi connectivity index (χ3v) is 4.09. The maximum atomic E-state index is 12.1. The lowest BCUT2D eigenvalue weighted by Gasteiger charge is -2.16. The van der Waals surface area contributed by atoms with E-state index in [1.54, 1.807) is 12.2 Å². The van der Waals surface area contributed by atoms with Crippen molar-refractivity contribution in [2.24, 2.45) is 23.1 Å². The molecule has 1 aliphatic rings. The first-order chi connectivity index (χ1) is 11.8. The number of hydrogen-bond acceptors (Lipinski definition) is 5. The summed E-state index contributed by atoms with van der Waals surface area (Å²) in [5, 5.41) is 4.98. The molecule has 0 saturated heterocycles. The van der Waals surface area contributed by atoms with Gasteiger partial charge in [0, 0.05) is 5.92 Å². The number of nitrogens with two attached hydrogens (primary N) is 3. The van der Waals surface area contributed by atoms with Crippen LogP contribution in [-0.4, -0.2) is 42.3 Å². The van der Waals surface area contributed by atoms with Crippen LogP contribution in [0.25, 0.3) is 0 Å². The minimum absolute atomic E-state index is 0.0480. The zero-order valence-electron chi connectivity index (χ0n) is 14.2. The zero-order valence-corrected chi connectivity index (χ0v) is 14.2. The number of nitrogens with one attached hydrogen (secondary N) is 2. The van der Waals surface area contributed by atoms with Gasteiger partial charge in [0.15, 0.2) is 0 Å². The topological polar surface area (TPSA) is 170 Å². The predicted molar refractivity (Wildman–Crippen MR) is 91.6 cm³/mol. The van der Waals surface area contributed by atoms with Crippen molar-refractivity contribution in [1.29, 1.82) is 0 Å². The number of amides is 4. The van der Waals surface area contributed by atoms with Crippen molar-refractivity contribution < 1.29 is 19.2 Å². The van der Waals surface area contributed by atoms with Crippen LogP contribution in [0.2, 0.25) is 0 Å². The quantitative estimate of drug-likeness (QED) is 0.298. The van der Waals surface area contributed by atoms with E-state index < -0.39 is 29.8 Å². The Morgan fingerprint density at radius 1 is 1.04 bits per heavy atom. The minimum Gasteiger partial charge on any atom is -0.368 e. The Morgan fingerprint density at radius 2 is 1.64 bits per heavy atom. The molecule has 0 heterocycles. The van der Waals surface area contributed by atoms with Gasteiger partial charge < -0.3 is 27.8 Å². The van der Waals surface area contributed by atoms with Crippen molar-refractivity contribution in [3.05, 3.63) is 12.2 Å². The number of carbonyl (C=O) groups excluding carboxylic acids is 4. The van der Waals surface area contributed by atoms with Crippen LogP contribution >= 0.6 is 0 Å². The Kier molecular flexibility index (Phi) is 8.62. The fourth-order valence-corrected chi connectivity index (χ4v) is 2.61. The first-order valence-electron chi connectivity index (χ1n) is 8.37. The molecule has 140 valence electrons. The summed E-state index contributed by atoms with van der Waals surface area (Å²) in [6, 6.07) is -1.63. The highest BCUT2D eigenvalue weighted by atomic mass is 16.2. The number of carbonyl (C=O) groups is 4.